The first-order valence-electron chi connectivity index (χ1n) is 5.29. The summed E-state index contributed by atoms with van der Waals surface area (Å²) in [7, 11) is 0. The fourth-order valence-electron chi connectivity index (χ4n) is 1.50. The van der Waals surface area contributed by atoms with Crippen LogP contribution in [0.15, 0.2) is 36.5 Å². The molecule has 1 aromatic carbocycles. The number of rotatable bonds is 2. The highest BCUT2D eigenvalue weighted by Gasteiger charge is 2.03. The van der Waals surface area contributed by atoms with E-state index < -0.39 is 0 Å². The molecule has 2 heteroatoms. The quantitative estimate of drug-likeness (QED) is 0.726. The maximum Gasteiger partial charge on any atom is 0.0923 e. The Bertz CT molecular complexity index is 438. The van der Waals surface area contributed by atoms with Crippen LogP contribution < -0.4 is 0 Å². The van der Waals surface area contributed by atoms with Crippen molar-refractivity contribution in [1.29, 1.82) is 0 Å². The molecule has 15 heavy (non-hydrogen) atoms. The van der Waals surface area contributed by atoms with Gasteiger partial charge >= 0.3 is 0 Å². The van der Waals surface area contributed by atoms with E-state index in [2.05, 4.69) is 56.2 Å². The number of hydrogen-bond donors (Lipinski definition) is 0. The van der Waals surface area contributed by atoms with Crippen LogP contribution in [-0.2, 0) is 0 Å². The lowest BCUT2D eigenvalue weighted by molar-refractivity contribution is 0.534. The van der Waals surface area contributed by atoms with Crippen molar-refractivity contribution in [3.63, 3.8) is 0 Å². The van der Waals surface area contributed by atoms with Crippen molar-refractivity contribution >= 4 is 0 Å². The minimum atomic E-state index is 0.421. The molecule has 0 unspecified atom stereocenters. The summed E-state index contributed by atoms with van der Waals surface area (Å²) in [6, 6.07) is 10.9. The van der Waals surface area contributed by atoms with E-state index in [-0.39, 0.29) is 0 Å². The summed E-state index contributed by atoms with van der Waals surface area (Å²) < 4.78 is 1.98. The Morgan fingerprint density at radius 3 is 2.27 bits per heavy atom. The zero-order valence-corrected chi connectivity index (χ0v) is 9.44. The Balaban J connectivity index is 2.33. The molecule has 0 amide bonds. The van der Waals surface area contributed by atoms with Gasteiger partial charge in [-0.25, -0.2) is 0 Å². The van der Waals surface area contributed by atoms with Crippen molar-refractivity contribution in [2.24, 2.45) is 0 Å². The lowest BCUT2D eigenvalue weighted by Gasteiger charge is -2.03. The third-order valence-electron chi connectivity index (χ3n) is 2.48. The number of aryl methyl sites for hydroxylation is 1. The van der Waals surface area contributed by atoms with Gasteiger partial charge in [0.25, 0.3) is 0 Å². The zero-order valence-electron chi connectivity index (χ0n) is 9.44. The predicted molar refractivity (Wildman–Crippen MR) is 62.8 cm³/mol. The molecule has 0 bridgehead atoms. The van der Waals surface area contributed by atoms with E-state index in [0.29, 0.717) is 6.04 Å². The van der Waals surface area contributed by atoms with Crippen LogP contribution in [-0.4, -0.2) is 9.78 Å². The largest absolute Gasteiger partial charge is 0.270 e. The molecule has 0 atom stereocenters. The Morgan fingerprint density at radius 2 is 1.73 bits per heavy atom. The molecule has 0 aliphatic rings. The van der Waals surface area contributed by atoms with Crippen LogP contribution in [0.4, 0.5) is 0 Å². The van der Waals surface area contributed by atoms with E-state index in [1.807, 2.05) is 10.9 Å². The molecule has 1 aromatic heterocycles. The SMILES string of the molecule is Cc1ccc(-c2ccn(C(C)C)n2)cc1. The predicted octanol–water partition coefficient (Wildman–Crippen LogP) is 3.44. The lowest BCUT2D eigenvalue weighted by Crippen LogP contribution is -2.00. The van der Waals surface area contributed by atoms with Crippen molar-refractivity contribution < 1.29 is 0 Å². The maximum absolute atomic E-state index is 4.53. The number of hydrogen-bond acceptors (Lipinski definition) is 1. The van der Waals surface area contributed by atoms with Gasteiger partial charge in [0.05, 0.1) is 5.69 Å². The highest BCUT2D eigenvalue weighted by Crippen LogP contribution is 2.18. The van der Waals surface area contributed by atoms with Gasteiger partial charge in [-0.1, -0.05) is 29.8 Å². The molecule has 0 N–H and O–H groups in total. The third-order valence-corrected chi connectivity index (χ3v) is 2.48. The maximum atomic E-state index is 4.53. The molecule has 0 saturated heterocycles. The number of aromatic nitrogens is 2. The van der Waals surface area contributed by atoms with Crippen LogP contribution in [0.3, 0.4) is 0 Å². The summed E-state index contributed by atoms with van der Waals surface area (Å²) in [6.07, 6.45) is 2.03. The van der Waals surface area contributed by atoms with Gasteiger partial charge in [0.2, 0.25) is 0 Å². The van der Waals surface area contributed by atoms with E-state index in [9.17, 15) is 0 Å². The van der Waals surface area contributed by atoms with Crippen molar-refractivity contribution in [3.05, 3.63) is 42.1 Å². The fourth-order valence-corrected chi connectivity index (χ4v) is 1.50. The van der Waals surface area contributed by atoms with Crippen LogP contribution in [0.25, 0.3) is 11.3 Å². The van der Waals surface area contributed by atoms with Crippen LogP contribution in [0, 0.1) is 6.92 Å². The fraction of sp³-hybridized carbons (Fsp3) is 0.308. The highest BCUT2D eigenvalue weighted by atomic mass is 15.3. The molecule has 1 heterocycles. The Kier molecular flexibility index (Phi) is 2.58. The standard InChI is InChI=1S/C13H16N2/c1-10(2)15-9-8-13(14-15)12-6-4-11(3)5-7-12/h4-10H,1-3H3. The van der Waals surface area contributed by atoms with Gasteiger partial charge < -0.3 is 0 Å². The number of benzene rings is 1. The molecule has 2 aromatic rings. The second-order valence-corrected chi connectivity index (χ2v) is 4.14. The summed E-state index contributed by atoms with van der Waals surface area (Å²) in [5.41, 5.74) is 3.51. The first kappa shape index (κ1) is 9.97. The van der Waals surface area contributed by atoms with Gasteiger partial charge in [0, 0.05) is 17.8 Å². The summed E-state index contributed by atoms with van der Waals surface area (Å²) >= 11 is 0. The summed E-state index contributed by atoms with van der Waals surface area (Å²) in [5.74, 6) is 0. The molecule has 0 aliphatic heterocycles. The van der Waals surface area contributed by atoms with Crippen LogP contribution in [0.5, 0.6) is 0 Å². The average molecular weight is 200 g/mol. The first-order chi connectivity index (χ1) is 7.16. The second kappa shape index (κ2) is 3.89. The first-order valence-corrected chi connectivity index (χ1v) is 5.29. The van der Waals surface area contributed by atoms with Crippen molar-refractivity contribution in [2.45, 2.75) is 26.8 Å². The normalized spacial score (nSPS) is 10.9. The minimum Gasteiger partial charge on any atom is -0.270 e. The molecular weight excluding hydrogens is 184 g/mol. The number of nitrogens with zero attached hydrogens (tertiary/aromatic N) is 2. The monoisotopic (exact) mass is 200 g/mol. The van der Waals surface area contributed by atoms with Gasteiger partial charge in [-0.2, -0.15) is 5.10 Å². The Morgan fingerprint density at radius 1 is 1.07 bits per heavy atom. The molecule has 0 radical (unpaired) electrons. The summed E-state index contributed by atoms with van der Waals surface area (Å²) in [4.78, 5) is 0. The van der Waals surface area contributed by atoms with E-state index in [1.54, 1.807) is 0 Å². The van der Waals surface area contributed by atoms with Gasteiger partial charge in [0.1, 0.15) is 0 Å². The topological polar surface area (TPSA) is 17.8 Å². The minimum absolute atomic E-state index is 0.421. The van der Waals surface area contributed by atoms with Crippen LogP contribution in [0.1, 0.15) is 25.5 Å². The molecule has 2 nitrogen and oxygen atoms in total. The molecule has 0 spiro atoms. The summed E-state index contributed by atoms with van der Waals surface area (Å²) in [6.45, 7) is 6.36. The molecular formula is C13H16N2. The van der Waals surface area contributed by atoms with E-state index in [0.717, 1.165) is 5.69 Å². The smallest absolute Gasteiger partial charge is 0.0923 e. The molecule has 2 rings (SSSR count). The molecule has 0 saturated carbocycles. The third kappa shape index (κ3) is 2.09. The molecule has 0 fully saturated rings. The van der Waals surface area contributed by atoms with E-state index in [1.165, 1.54) is 11.1 Å². The van der Waals surface area contributed by atoms with Crippen molar-refractivity contribution in [2.75, 3.05) is 0 Å². The average Bonchev–Trinajstić information content (AvgIpc) is 2.68. The second-order valence-electron chi connectivity index (χ2n) is 4.14. The van der Waals surface area contributed by atoms with Gasteiger partial charge in [-0.05, 0) is 26.8 Å². The summed E-state index contributed by atoms with van der Waals surface area (Å²) in [5, 5.41) is 4.53. The van der Waals surface area contributed by atoms with Gasteiger partial charge in [0.15, 0.2) is 0 Å². The lowest BCUT2D eigenvalue weighted by atomic mass is 10.1. The van der Waals surface area contributed by atoms with E-state index >= 15 is 0 Å². The van der Waals surface area contributed by atoms with Crippen molar-refractivity contribution in [1.82, 2.24) is 9.78 Å². The Labute approximate surface area is 90.6 Å². The van der Waals surface area contributed by atoms with Crippen LogP contribution >= 0.6 is 0 Å². The molecule has 78 valence electrons. The highest BCUT2D eigenvalue weighted by molar-refractivity contribution is 5.58. The Hall–Kier alpha value is -1.57. The van der Waals surface area contributed by atoms with Crippen molar-refractivity contribution in [3.8, 4) is 11.3 Å². The van der Waals surface area contributed by atoms with Gasteiger partial charge in [-0.15, -0.1) is 0 Å². The molecule has 0 aliphatic carbocycles. The van der Waals surface area contributed by atoms with Crippen LogP contribution in [0.2, 0.25) is 0 Å². The zero-order chi connectivity index (χ0) is 10.8. The van der Waals surface area contributed by atoms with E-state index in [4.69, 9.17) is 0 Å². The van der Waals surface area contributed by atoms with Gasteiger partial charge in [-0.3, -0.25) is 4.68 Å².